The maximum atomic E-state index is 13.4. The molecule has 1 saturated carbocycles. The van der Waals surface area contributed by atoms with E-state index in [-0.39, 0.29) is 5.92 Å². The van der Waals surface area contributed by atoms with Crippen LogP contribution in [-0.2, 0) is 0 Å². The second-order valence-electron chi connectivity index (χ2n) is 4.18. The summed E-state index contributed by atoms with van der Waals surface area (Å²) < 4.78 is 13.4. The fraction of sp³-hybridized carbons (Fsp3) is 1.00. The smallest absolute Gasteiger partial charge is 0.108 e. The lowest BCUT2D eigenvalue weighted by atomic mass is 9.78. The van der Waals surface area contributed by atoms with Gasteiger partial charge in [-0.3, -0.25) is 0 Å². The van der Waals surface area contributed by atoms with Gasteiger partial charge in [0, 0.05) is 6.04 Å². The first-order chi connectivity index (χ1) is 5.00. The highest BCUT2D eigenvalue weighted by molar-refractivity contribution is 4.84. The Hall–Kier alpha value is -0.110. The summed E-state index contributed by atoms with van der Waals surface area (Å²) in [6.07, 6.45) is 3.92. The Kier molecular flexibility index (Phi) is 2.53. The Labute approximate surface area is 68.2 Å². The zero-order valence-electron chi connectivity index (χ0n) is 7.44. The normalized spacial score (nSPS) is 33.8. The molecule has 0 bridgehead atoms. The minimum absolute atomic E-state index is 0.238. The van der Waals surface area contributed by atoms with Crippen molar-refractivity contribution in [3.05, 3.63) is 0 Å². The van der Waals surface area contributed by atoms with E-state index in [0.717, 1.165) is 25.7 Å². The molecule has 0 aliphatic heterocycles. The monoisotopic (exact) mass is 159 g/mol. The van der Waals surface area contributed by atoms with E-state index in [1.54, 1.807) is 13.8 Å². The molecule has 0 spiro atoms. The van der Waals surface area contributed by atoms with Crippen LogP contribution in [-0.4, -0.2) is 11.7 Å². The highest BCUT2D eigenvalue weighted by atomic mass is 19.1. The van der Waals surface area contributed by atoms with Gasteiger partial charge in [-0.2, -0.15) is 0 Å². The first-order valence-corrected chi connectivity index (χ1v) is 4.44. The number of hydrogen-bond acceptors (Lipinski definition) is 1. The predicted molar refractivity (Wildman–Crippen MR) is 45.1 cm³/mol. The van der Waals surface area contributed by atoms with Gasteiger partial charge in [0.1, 0.15) is 5.67 Å². The number of hydrogen-bond donors (Lipinski definition) is 1. The van der Waals surface area contributed by atoms with Crippen molar-refractivity contribution in [3.63, 3.8) is 0 Å². The molecule has 2 heteroatoms. The zero-order valence-corrected chi connectivity index (χ0v) is 7.44. The van der Waals surface area contributed by atoms with Gasteiger partial charge in [-0.1, -0.05) is 0 Å². The molecule has 0 aromatic rings. The Morgan fingerprint density at radius 2 is 1.64 bits per heavy atom. The van der Waals surface area contributed by atoms with E-state index in [9.17, 15) is 4.39 Å². The van der Waals surface area contributed by atoms with E-state index < -0.39 is 5.67 Å². The summed E-state index contributed by atoms with van der Waals surface area (Å²) in [6, 6.07) is 0.327. The van der Waals surface area contributed by atoms with Crippen LogP contribution in [0.2, 0.25) is 0 Å². The van der Waals surface area contributed by atoms with Crippen molar-refractivity contribution >= 4 is 0 Å². The molecule has 0 unspecified atom stereocenters. The molecule has 2 N–H and O–H groups in total. The van der Waals surface area contributed by atoms with E-state index in [0.29, 0.717) is 6.04 Å². The molecule has 66 valence electrons. The third-order valence-corrected chi connectivity index (χ3v) is 2.74. The van der Waals surface area contributed by atoms with E-state index in [4.69, 9.17) is 5.73 Å². The van der Waals surface area contributed by atoms with Crippen LogP contribution in [0.4, 0.5) is 4.39 Å². The summed E-state index contributed by atoms with van der Waals surface area (Å²) in [6.45, 7) is 3.35. The molecule has 0 amide bonds. The molecular weight excluding hydrogens is 141 g/mol. The van der Waals surface area contributed by atoms with Gasteiger partial charge in [-0.25, -0.2) is 4.39 Å². The molecular formula is C9H18FN. The van der Waals surface area contributed by atoms with Crippen molar-refractivity contribution in [2.75, 3.05) is 0 Å². The van der Waals surface area contributed by atoms with Crippen molar-refractivity contribution < 1.29 is 4.39 Å². The van der Waals surface area contributed by atoms with Crippen molar-refractivity contribution in [1.29, 1.82) is 0 Å². The van der Waals surface area contributed by atoms with Crippen molar-refractivity contribution in [3.8, 4) is 0 Å². The topological polar surface area (TPSA) is 26.0 Å². The summed E-state index contributed by atoms with van der Waals surface area (Å²) in [5, 5.41) is 0. The van der Waals surface area contributed by atoms with Gasteiger partial charge >= 0.3 is 0 Å². The molecule has 0 aromatic heterocycles. The van der Waals surface area contributed by atoms with Gasteiger partial charge in [-0.05, 0) is 45.4 Å². The third-order valence-electron chi connectivity index (χ3n) is 2.74. The van der Waals surface area contributed by atoms with Gasteiger partial charge < -0.3 is 5.73 Å². The van der Waals surface area contributed by atoms with Crippen LogP contribution in [0.1, 0.15) is 39.5 Å². The van der Waals surface area contributed by atoms with Crippen LogP contribution >= 0.6 is 0 Å². The number of rotatable bonds is 1. The molecule has 1 fully saturated rings. The van der Waals surface area contributed by atoms with Crippen LogP contribution in [0.3, 0.4) is 0 Å². The molecule has 0 radical (unpaired) electrons. The maximum absolute atomic E-state index is 13.4. The van der Waals surface area contributed by atoms with E-state index in [1.165, 1.54) is 0 Å². The lowest BCUT2D eigenvalue weighted by Crippen LogP contribution is -2.34. The fourth-order valence-corrected chi connectivity index (χ4v) is 1.81. The molecule has 0 saturated heterocycles. The van der Waals surface area contributed by atoms with E-state index in [2.05, 4.69) is 0 Å². The summed E-state index contributed by atoms with van der Waals surface area (Å²) in [7, 11) is 0. The Balaban J connectivity index is 2.39. The lowest BCUT2D eigenvalue weighted by molar-refractivity contribution is 0.0899. The molecule has 1 aliphatic carbocycles. The molecule has 1 aliphatic rings. The van der Waals surface area contributed by atoms with Crippen LogP contribution in [0.15, 0.2) is 0 Å². The summed E-state index contributed by atoms with van der Waals surface area (Å²) in [4.78, 5) is 0. The molecule has 0 atom stereocenters. The molecule has 1 nitrogen and oxygen atoms in total. The van der Waals surface area contributed by atoms with Gasteiger partial charge in [0.05, 0.1) is 0 Å². The van der Waals surface area contributed by atoms with E-state index >= 15 is 0 Å². The fourth-order valence-electron chi connectivity index (χ4n) is 1.81. The predicted octanol–water partition coefficient (Wildman–Crippen LogP) is 2.25. The molecule has 1 rings (SSSR count). The second kappa shape index (κ2) is 3.10. The lowest BCUT2D eigenvalue weighted by Gasteiger charge is -2.32. The third kappa shape index (κ3) is 2.44. The Bertz CT molecular complexity index is 120. The average Bonchev–Trinajstić information content (AvgIpc) is 1.86. The average molecular weight is 159 g/mol. The van der Waals surface area contributed by atoms with Gasteiger partial charge in [-0.15, -0.1) is 0 Å². The summed E-state index contributed by atoms with van der Waals surface area (Å²) in [5.74, 6) is 0.238. The quantitative estimate of drug-likeness (QED) is 0.624. The molecule has 11 heavy (non-hydrogen) atoms. The number of nitrogens with two attached hydrogens (primary N) is 1. The van der Waals surface area contributed by atoms with Crippen molar-refractivity contribution in [2.24, 2.45) is 11.7 Å². The van der Waals surface area contributed by atoms with Gasteiger partial charge in [0.15, 0.2) is 0 Å². The minimum atomic E-state index is -1.000. The van der Waals surface area contributed by atoms with Gasteiger partial charge in [0.25, 0.3) is 0 Å². The van der Waals surface area contributed by atoms with Crippen LogP contribution in [0, 0.1) is 5.92 Å². The SMILES string of the molecule is CC(C)(F)[C@H]1CC[C@H](N)CC1. The molecule has 0 heterocycles. The van der Waals surface area contributed by atoms with Crippen LogP contribution in [0.5, 0.6) is 0 Å². The largest absolute Gasteiger partial charge is 0.328 e. The zero-order chi connectivity index (χ0) is 8.48. The number of halogens is 1. The standard InChI is InChI=1S/C9H18FN/c1-9(2,10)7-3-5-8(11)6-4-7/h7-8H,3-6,11H2,1-2H3/t7-,8-. The first-order valence-electron chi connectivity index (χ1n) is 4.44. The highest BCUT2D eigenvalue weighted by Gasteiger charge is 2.31. The van der Waals surface area contributed by atoms with Crippen LogP contribution in [0.25, 0.3) is 0 Å². The highest BCUT2D eigenvalue weighted by Crippen LogP contribution is 2.34. The van der Waals surface area contributed by atoms with Crippen molar-refractivity contribution in [1.82, 2.24) is 0 Å². The maximum Gasteiger partial charge on any atom is 0.108 e. The second-order valence-corrected chi connectivity index (χ2v) is 4.18. The molecule has 0 aromatic carbocycles. The summed E-state index contributed by atoms with van der Waals surface area (Å²) in [5.41, 5.74) is 4.72. The van der Waals surface area contributed by atoms with Gasteiger partial charge in [0.2, 0.25) is 0 Å². The number of alkyl halides is 1. The van der Waals surface area contributed by atoms with E-state index in [1.807, 2.05) is 0 Å². The first kappa shape index (κ1) is 8.98. The Morgan fingerprint density at radius 3 is 2.00 bits per heavy atom. The minimum Gasteiger partial charge on any atom is -0.328 e. The van der Waals surface area contributed by atoms with Crippen LogP contribution < -0.4 is 5.73 Å². The summed E-state index contributed by atoms with van der Waals surface area (Å²) >= 11 is 0. The Morgan fingerprint density at radius 1 is 1.18 bits per heavy atom. The van der Waals surface area contributed by atoms with Crippen molar-refractivity contribution in [2.45, 2.75) is 51.2 Å².